The van der Waals surface area contributed by atoms with E-state index in [1.165, 1.54) is 4.52 Å². The van der Waals surface area contributed by atoms with Gasteiger partial charge in [0.1, 0.15) is 0 Å². The quantitative estimate of drug-likeness (QED) is 0.659. The number of methoxy groups -OCH3 is 1. The summed E-state index contributed by atoms with van der Waals surface area (Å²) in [6.07, 6.45) is 0. The number of nitrogens with zero attached hydrogens (tertiary/aromatic N) is 3. The minimum Gasteiger partial charge on any atom is -0.501 e. The molecule has 0 aliphatic carbocycles. The zero-order chi connectivity index (χ0) is 14.4. The summed E-state index contributed by atoms with van der Waals surface area (Å²) in [7, 11) is 2.84. The maximum absolute atomic E-state index is 12.2. The Hall–Kier alpha value is -2.83. The molecule has 0 unspecified atom stereocenters. The lowest BCUT2D eigenvalue weighted by molar-refractivity contribution is 0.0590. The highest BCUT2D eigenvalue weighted by Gasteiger charge is 2.22. The summed E-state index contributed by atoms with van der Waals surface area (Å²) in [6, 6.07) is 7.24. The molecule has 0 fully saturated rings. The van der Waals surface area contributed by atoms with E-state index < -0.39 is 17.3 Å². The van der Waals surface area contributed by atoms with Crippen LogP contribution in [0.5, 0.6) is 5.75 Å². The van der Waals surface area contributed by atoms with E-state index in [9.17, 15) is 14.7 Å². The number of para-hydroxylation sites is 1. The zero-order valence-electron chi connectivity index (χ0n) is 10.8. The van der Waals surface area contributed by atoms with Crippen LogP contribution >= 0.6 is 0 Å². The Balaban J connectivity index is 2.57. The maximum Gasteiger partial charge on any atom is 0.360 e. The third-order valence-corrected chi connectivity index (χ3v) is 3.21. The van der Waals surface area contributed by atoms with E-state index in [-0.39, 0.29) is 5.69 Å². The summed E-state index contributed by atoms with van der Waals surface area (Å²) in [4.78, 5) is 27.9. The van der Waals surface area contributed by atoms with Crippen LogP contribution in [0.15, 0.2) is 29.1 Å². The average Bonchev–Trinajstić information content (AvgIpc) is 2.75. The molecule has 7 nitrogen and oxygen atoms in total. The molecule has 1 aromatic carbocycles. The van der Waals surface area contributed by atoms with Crippen LogP contribution in [0, 0.1) is 0 Å². The van der Waals surface area contributed by atoms with Crippen LogP contribution < -0.4 is 5.56 Å². The van der Waals surface area contributed by atoms with Crippen molar-refractivity contribution in [2.75, 3.05) is 7.11 Å². The van der Waals surface area contributed by atoms with E-state index in [2.05, 4.69) is 9.72 Å². The third kappa shape index (κ3) is 1.43. The van der Waals surface area contributed by atoms with Gasteiger partial charge in [-0.3, -0.25) is 9.48 Å². The molecule has 2 aromatic heterocycles. The highest BCUT2D eigenvalue weighted by molar-refractivity contribution is 5.96. The molecule has 7 heteroatoms. The van der Waals surface area contributed by atoms with Crippen molar-refractivity contribution in [3.8, 4) is 5.75 Å². The van der Waals surface area contributed by atoms with E-state index in [0.29, 0.717) is 11.0 Å². The van der Waals surface area contributed by atoms with Gasteiger partial charge in [0.2, 0.25) is 5.75 Å². The van der Waals surface area contributed by atoms with E-state index in [4.69, 9.17) is 0 Å². The van der Waals surface area contributed by atoms with Crippen molar-refractivity contribution in [2.45, 2.75) is 0 Å². The lowest BCUT2D eigenvalue weighted by Gasteiger charge is -2.04. The first kappa shape index (κ1) is 12.2. The normalized spacial score (nSPS) is 11.1. The summed E-state index contributed by atoms with van der Waals surface area (Å²) in [5.41, 5.74) is -0.0345. The van der Waals surface area contributed by atoms with Crippen LogP contribution in [-0.2, 0) is 11.8 Å². The predicted molar refractivity (Wildman–Crippen MR) is 70.9 cm³/mol. The van der Waals surface area contributed by atoms with Gasteiger partial charge in [-0.1, -0.05) is 12.1 Å². The van der Waals surface area contributed by atoms with Gasteiger partial charge >= 0.3 is 11.5 Å². The molecule has 3 aromatic rings. The first-order valence-corrected chi connectivity index (χ1v) is 5.84. The number of aryl methyl sites for hydroxylation is 1. The van der Waals surface area contributed by atoms with E-state index in [1.54, 1.807) is 23.9 Å². The number of benzene rings is 1. The third-order valence-electron chi connectivity index (χ3n) is 3.21. The van der Waals surface area contributed by atoms with Gasteiger partial charge in [0.05, 0.1) is 12.6 Å². The Morgan fingerprint density at radius 3 is 2.75 bits per heavy atom. The number of fused-ring (bicyclic) bond motifs is 3. The highest BCUT2D eigenvalue weighted by Crippen LogP contribution is 2.21. The number of carbonyl (C=O) groups excluding carboxylic acids is 1. The molecule has 2 heterocycles. The van der Waals surface area contributed by atoms with Crippen molar-refractivity contribution in [3.05, 3.63) is 40.3 Å². The Labute approximate surface area is 112 Å². The second-order valence-corrected chi connectivity index (χ2v) is 4.28. The van der Waals surface area contributed by atoms with Gasteiger partial charge in [0.25, 0.3) is 0 Å². The van der Waals surface area contributed by atoms with E-state index in [1.807, 2.05) is 12.1 Å². The van der Waals surface area contributed by atoms with E-state index >= 15 is 0 Å². The average molecular weight is 273 g/mol. The molecule has 0 radical (unpaired) electrons. The van der Waals surface area contributed by atoms with Gasteiger partial charge in [0.15, 0.2) is 11.3 Å². The van der Waals surface area contributed by atoms with Gasteiger partial charge < -0.3 is 9.84 Å². The Morgan fingerprint density at radius 2 is 2.05 bits per heavy atom. The zero-order valence-corrected chi connectivity index (χ0v) is 10.8. The van der Waals surface area contributed by atoms with Gasteiger partial charge in [-0.25, -0.2) is 9.78 Å². The molecule has 0 saturated carbocycles. The maximum atomic E-state index is 12.2. The van der Waals surface area contributed by atoms with Crippen molar-refractivity contribution in [1.29, 1.82) is 0 Å². The van der Waals surface area contributed by atoms with Crippen LogP contribution in [0.25, 0.3) is 16.6 Å². The van der Waals surface area contributed by atoms with Crippen LogP contribution in [-0.4, -0.2) is 32.4 Å². The second kappa shape index (κ2) is 4.09. The lowest BCUT2D eigenvalue weighted by atomic mass is 10.2. The number of hydrogen-bond acceptors (Lipinski definition) is 5. The number of carbonyl (C=O) groups is 1. The summed E-state index contributed by atoms with van der Waals surface area (Å²) >= 11 is 0. The Bertz CT molecular complexity index is 907. The first-order chi connectivity index (χ1) is 9.56. The number of hydrogen-bond donors (Lipinski definition) is 1. The van der Waals surface area contributed by atoms with Crippen LogP contribution in [0.1, 0.15) is 10.5 Å². The molecule has 20 heavy (non-hydrogen) atoms. The fourth-order valence-electron chi connectivity index (χ4n) is 2.25. The molecule has 0 aliphatic heterocycles. The summed E-state index contributed by atoms with van der Waals surface area (Å²) in [5, 5.41) is 10.5. The van der Waals surface area contributed by atoms with Gasteiger partial charge in [-0.2, -0.15) is 4.52 Å². The Kier molecular flexibility index (Phi) is 2.50. The van der Waals surface area contributed by atoms with E-state index in [0.717, 1.165) is 12.6 Å². The first-order valence-electron chi connectivity index (χ1n) is 5.84. The Morgan fingerprint density at radius 1 is 1.35 bits per heavy atom. The molecule has 0 aliphatic rings. The molecule has 0 amide bonds. The highest BCUT2D eigenvalue weighted by atomic mass is 16.5. The van der Waals surface area contributed by atoms with Gasteiger partial charge in [-0.15, -0.1) is 0 Å². The standard InChI is InChI=1S/C13H11N3O4/c1-15-8-6-4-3-5-7(8)11-14-9(13(19)20-2)10(17)12(18)16(11)15/h3-6,17H,1-2H3. The molecular weight excluding hydrogens is 262 g/mol. The van der Waals surface area contributed by atoms with Crippen molar-refractivity contribution >= 4 is 22.5 Å². The molecule has 0 bridgehead atoms. The summed E-state index contributed by atoms with van der Waals surface area (Å²) in [6.45, 7) is 0. The second-order valence-electron chi connectivity index (χ2n) is 4.28. The smallest absolute Gasteiger partial charge is 0.360 e. The van der Waals surface area contributed by atoms with Crippen LogP contribution in [0.4, 0.5) is 0 Å². The van der Waals surface area contributed by atoms with Crippen molar-refractivity contribution in [1.82, 2.24) is 14.2 Å². The fraction of sp³-hybridized carbons (Fsp3) is 0.154. The molecule has 0 spiro atoms. The van der Waals surface area contributed by atoms with Crippen molar-refractivity contribution in [2.24, 2.45) is 7.05 Å². The SMILES string of the molecule is COC(=O)c1nc2c3ccccc3n(C)n2c(=O)c1O. The number of esters is 1. The van der Waals surface area contributed by atoms with Gasteiger partial charge in [0, 0.05) is 12.4 Å². The topological polar surface area (TPSA) is 85.8 Å². The van der Waals surface area contributed by atoms with Crippen molar-refractivity contribution in [3.63, 3.8) is 0 Å². The molecule has 102 valence electrons. The fourth-order valence-corrected chi connectivity index (χ4v) is 2.25. The molecule has 0 saturated heterocycles. The monoisotopic (exact) mass is 273 g/mol. The number of aromatic nitrogens is 3. The summed E-state index contributed by atoms with van der Waals surface area (Å²) in [5.74, 6) is -1.57. The number of ether oxygens (including phenoxy) is 1. The lowest BCUT2D eigenvalue weighted by Crippen LogP contribution is -2.22. The van der Waals surface area contributed by atoms with Crippen LogP contribution in [0.3, 0.4) is 0 Å². The van der Waals surface area contributed by atoms with Crippen molar-refractivity contribution < 1.29 is 14.6 Å². The minimum atomic E-state index is -0.852. The molecule has 0 atom stereocenters. The van der Waals surface area contributed by atoms with Crippen LogP contribution in [0.2, 0.25) is 0 Å². The number of aromatic hydroxyl groups is 1. The largest absolute Gasteiger partial charge is 0.501 e. The molecule has 1 N–H and O–H groups in total. The minimum absolute atomic E-state index is 0.298. The molecule has 3 rings (SSSR count). The predicted octanol–water partition coefficient (Wildman–Crippen LogP) is 0.678. The number of rotatable bonds is 1. The molecular formula is C13H11N3O4. The van der Waals surface area contributed by atoms with Gasteiger partial charge in [-0.05, 0) is 12.1 Å². The summed E-state index contributed by atoms with van der Waals surface area (Å²) < 4.78 is 7.31.